The number of hydrogen-bond acceptors (Lipinski definition) is 11. The number of nitrogens with two attached hydrogens (primary N) is 3. The van der Waals surface area contributed by atoms with E-state index in [0.717, 1.165) is 0 Å². The fraction of sp³-hybridized carbons (Fsp3) is 0.714. The molecule has 3 unspecified atom stereocenters. The molecule has 0 spiro atoms. The van der Waals surface area contributed by atoms with E-state index >= 15 is 0 Å². The van der Waals surface area contributed by atoms with E-state index in [1.807, 2.05) is 0 Å². The number of Topliss-reactive ketones (excluding diaryl/α,β-unsaturated/α-hetero) is 2. The summed E-state index contributed by atoms with van der Waals surface area (Å²) in [4.78, 5) is 68.5. The number of ether oxygens (including phenoxy) is 1. The van der Waals surface area contributed by atoms with E-state index in [0.29, 0.717) is 12.8 Å². The average molecular weight is 506 g/mol. The third-order valence-corrected chi connectivity index (χ3v) is 5.73. The molecule has 0 aromatic heterocycles. The third kappa shape index (κ3) is 7.27. The van der Waals surface area contributed by atoms with Crippen molar-refractivity contribution in [3.8, 4) is 0 Å². The van der Waals surface area contributed by atoms with Crippen LogP contribution in [0.1, 0.15) is 59.3 Å². The molecule has 0 aliphatic heterocycles. The number of carboxylic acid groups (broad SMARTS) is 3. The van der Waals surface area contributed by atoms with Crippen LogP contribution in [0.15, 0.2) is 0 Å². The highest BCUT2D eigenvalue weighted by Gasteiger charge is 2.65. The predicted molar refractivity (Wildman–Crippen MR) is 119 cm³/mol. The highest BCUT2D eigenvalue weighted by molar-refractivity contribution is 6.15. The molecular weight excluding hydrogens is 470 g/mol. The quantitative estimate of drug-likeness (QED) is 0.123. The third-order valence-electron chi connectivity index (χ3n) is 5.73. The molecule has 0 aromatic rings. The molecule has 10 N–H and O–H groups in total. The van der Waals surface area contributed by atoms with E-state index in [1.54, 1.807) is 6.92 Å². The van der Waals surface area contributed by atoms with Gasteiger partial charge in [0.2, 0.25) is 0 Å². The van der Waals surface area contributed by atoms with Crippen molar-refractivity contribution in [3.05, 3.63) is 0 Å². The lowest BCUT2D eigenvalue weighted by Crippen LogP contribution is -2.72. The summed E-state index contributed by atoms with van der Waals surface area (Å²) in [6.45, 7) is 4.73. The van der Waals surface area contributed by atoms with Gasteiger partial charge in [-0.25, -0.2) is 4.79 Å². The Balaban J connectivity index is 0.000000761. The average Bonchev–Trinajstić information content (AvgIpc) is 2.72. The number of carbonyl (C=O) groups excluding carboxylic acids is 3. The van der Waals surface area contributed by atoms with Crippen molar-refractivity contribution in [2.75, 3.05) is 6.61 Å². The minimum atomic E-state index is -2.74. The number of aliphatic carboxylic acids is 3. The van der Waals surface area contributed by atoms with Crippen molar-refractivity contribution in [2.24, 2.45) is 22.6 Å². The molecule has 1 aliphatic carbocycles. The van der Waals surface area contributed by atoms with Crippen molar-refractivity contribution in [1.29, 1.82) is 0 Å². The van der Waals surface area contributed by atoms with Gasteiger partial charge in [-0.15, -0.1) is 0 Å². The van der Waals surface area contributed by atoms with Crippen LogP contribution in [0.2, 0.25) is 0 Å². The summed E-state index contributed by atoms with van der Waals surface area (Å²) in [6.07, 6.45) is -0.681. The molecule has 1 saturated carbocycles. The Morgan fingerprint density at radius 3 is 1.60 bits per heavy atom. The van der Waals surface area contributed by atoms with Crippen LogP contribution >= 0.6 is 0 Å². The largest absolute Gasteiger partial charge is 0.481 e. The van der Waals surface area contributed by atoms with E-state index < -0.39 is 76.9 Å². The van der Waals surface area contributed by atoms with E-state index in [2.05, 4.69) is 0 Å². The van der Waals surface area contributed by atoms with E-state index in [4.69, 9.17) is 42.4 Å². The highest BCUT2D eigenvalue weighted by Crippen LogP contribution is 2.46. The van der Waals surface area contributed by atoms with Gasteiger partial charge in [-0.2, -0.15) is 0 Å². The summed E-state index contributed by atoms with van der Waals surface area (Å²) in [5, 5.41) is 33.8. The summed E-state index contributed by atoms with van der Waals surface area (Å²) < 4.78 is 5.05. The first-order valence-electron chi connectivity index (χ1n) is 10.9. The Morgan fingerprint density at radius 1 is 0.886 bits per heavy atom. The molecule has 0 bridgehead atoms. The molecule has 1 aliphatic rings. The zero-order chi connectivity index (χ0) is 27.8. The zero-order valence-electron chi connectivity index (χ0n) is 20.0. The van der Waals surface area contributed by atoms with Gasteiger partial charge in [0.1, 0.15) is 11.0 Å². The van der Waals surface area contributed by atoms with Crippen LogP contribution in [-0.4, -0.2) is 85.7 Å². The van der Waals surface area contributed by atoms with Crippen LogP contribution in [0, 0.1) is 5.41 Å². The van der Waals surface area contributed by atoms with E-state index in [9.17, 15) is 28.8 Å². The first-order valence-corrected chi connectivity index (χ1v) is 10.9. The van der Waals surface area contributed by atoms with Crippen molar-refractivity contribution < 1.29 is 53.9 Å². The summed E-state index contributed by atoms with van der Waals surface area (Å²) in [6, 6.07) is -1.84. The van der Waals surface area contributed by atoms with Gasteiger partial charge in [0.15, 0.2) is 17.2 Å². The minimum Gasteiger partial charge on any atom is -0.481 e. The van der Waals surface area contributed by atoms with Gasteiger partial charge in [-0.05, 0) is 33.6 Å². The van der Waals surface area contributed by atoms with Crippen LogP contribution in [-0.2, 0) is 33.5 Å². The molecule has 1 rings (SSSR count). The Hall–Kier alpha value is -2.94. The molecular formula is C21H35N3O11. The van der Waals surface area contributed by atoms with Crippen LogP contribution in [0.4, 0.5) is 0 Å². The lowest BCUT2D eigenvalue weighted by Gasteiger charge is -2.48. The molecule has 0 saturated heterocycles. The van der Waals surface area contributed by atoms with Crippen molar-refractivity contribution in [2.45, 2.75) is 82.5 Å². The Labute approximate surface area is 201 Å². The normalized spacial score (nSPS) is 23.6. The topological polar surface area (TPSA) is 271 Å². The monoisotopic (exact) mass is 505 g/mol. The van der Waals surface area contributed by atoms with Crippen molar-refractivity contribution in [1.82, 2.24) is 0 Å². The summed E-state index contributed by atoms with van der Waals surface area (Å²) in [5.41, 5.74) is 11.6. The standard InChI is InChI=1S/C15H27N3O4.C6H8O7/c1-4-22-13(21)15(18)8-6-5-7-14(15,11(19)9(2)16)12(20)10(3)17;7-3(8)1-6(13,5(11)12)2-4(9)10/h9-10H,4-8,16-18H2,1-3H3;13H,1-2H2,(H,7,8)(H,9,10)(H,11,12). The van der Waals surface area contributed by atoms with Gasteiger partial charge >= 0.3 is 23.9 Å². The Bertz CT molecular complexity index is 804. The van der Waals surface area contributed by atoms with E-state index in [1.165, 1.54) is 13.8 Å². The number of rotatable bonds is 11. The Morgan fingerprint density at radius 2 is 1.29 bits per heavy atom. The maximum atomic E-state index is 12.8. The molecule has 14 nitrogen and oxygen atoms in total. The number of aliphatic hydroxyl groups is 1. The molecule has 0 radical (unpaired) electrons. The molecule has 0 aromatic carbocycles. The first-order chi connectivity index (χ1) is 15.9. The van der Waals surface area contributed by atoms with Crippen LogP contribution in [0.25, 0.3) is 0 Å². The molecule has 35 heavy (non-hydrogen) atoms. The van der Waals surface area contributed by atoms with Crippen LogP contribution in [0.3, 0.4) is 0 Å². The zero-order valence-corrected chi connectivity index (χ0v) is 20.0. The smallest absolute Gasteiger partial charge is 0.336 e. The molecule has 200 valence electrons. The number of hydrogen-bond donors (Lipinski definition) is 7. The lowest BCUT2D eigenvalue weighted by molar-refractivity contribution is -0.170. The van der Waals surface area contributed by atoms with Crippen molar-refractivity contribution >= 4 is 35.4 Å². The van der Waals surface area contributed by atoms with Gasteiger partial charge in [0.05, 0.1) is 31.5 Å². The summed E-state index contributed by atoms with van der Waals surface area (Å²) in [5.74, 6) is -6.83. The van der Waals surface area contributed by atoms with Gasteiger partial charge < -0.3 is 42.4 Å². The number of carbonyl (C=O) groups is 6. The predicted octanol–water partition coefficient (Wildman–Crippen LogP) is -1.61. The van der Waals surface area contributed by atoms with Crippen LogP contribution in [0.5, 0.6) is 0 Å². The van der Waals surface area contributed by atoms with E-state index in [-0.39, 0.29) is 19.4 Å². The maximum absolute atomic E-state index is 12.8. The van der Waals surface area contributed by atoms with Crippen molar-refractivity contribution in [3.63, 3.8) is 0 Å². The first kappa shape index (κ1) is 32.1. The fourth-order valence-corrected chi connectivity index (χ4v) is 4.07. The second-order valence-corrected chi connectivity index (χ2v) is 8.59. The summed E-state index contributed by atoms with van der Waals surface area (Å²) >= 11 is 0. The molecule has 14 heteroatoms. The van der Waals surface area contributed by atoms with Crippen LogP contribution < -0.4 is 17.2 Å². The van der Waals surface area contributed by atoms with Gasteiger partial charge in [0.25, 0.3) is 0 Å². The molecule has 0 amide bonds. The lowest BCUT2D eigenvalue weighted by atomic mass is 9.55. The second-order valence-electron chi connectivity index (χ2n) is 8.59. The van der Waals surface area contributed by atoms with Gasteiger partial charge in [-0.1, -0.05) is 12.8 Å². The summed E-state index contributed by atoms with van der Waals surface area (Å²) in [7, 11) is 0. The Kier molecular flexibility index (Phi) is 11.6. The number of carboxylic acids is 3. The maximum Gasteiger partial charge on any atom is 0.336 e. The van der Waals surface area contributed by atoms with Gasteiger partial charge in [0, 0.05) is 0 Å². The molecule has 1 fully saturated rings. The number of ketones is 2. The second kappa shape index (κ2) is 12.7. The van der Waals surface area contributed by atoms with Gasteiger partial charge in [-0.3, -0.25) is 24.0 Å². The fourth-order valence-electron chi connectivity index (χ4n) is 4.07. The molecule has 0 heterocycles. The highest BCUT2D eigenvalue weighted by atomic mass is 16.5. The molecule has 3 atom stereocenters. The number of esters is 1. The minimum absolute atomic E-state index is 0.118. The SMILES string of the molecule is CCOC(=O)C1(N)CCCCC1(C(=O)C(C)N)C(=O)C(C)N.O=C(O)CC(O)(CC(=O)O)C(=O)O.